The zero-order chi connectivity index (χ0) is 14.8. The van der Waals surface area contributed by atoms with Crippen LogP contribution in [0.1, 0.15) is 12.8 Å². The fourth-order valence-corrected chi connectivity index (χ4v) is 3.08. The van der Waals surface area contributed by atoms with Crippen LogP contribution in [0.2, 0.25) is 0 Å². The number of aromatic nitrogens is 2. The van der Waals surface area contributed by atoms with E-state index in [0.717, 1.165) is 23.3 Å². The molecule has 0 radical (unpaired) electrons. The van der Waals surface area contributed by atoms with Crippen molar-refractivity contribution in [2.75, 3.05) is 44.4 Å². The molecule has 0 amide bonds. The predicted molar refractivity (Wildman–Crippen MR) is 88.0 cm³/mol. The van der Waals surface area contributed by atoms with Crippen LogP contribution in [0.3, 0.4) is 0 Å². The average molecular weight is 285 g/mol. The van der Waals surface area contributed by atoms with Gasteiger partial charge >= 0.3 is 0 Å². The summed E-state index contributed by atoms with van der Waals surface area (Å²) in [7, 11) is 6.20. The van der Waals surface area contributed by atoms with E-state index in [-0.39, 0.29) is 0 Å². The molecule has 5 nitrogen and oxygen atoms in total. The van der Waals surface area contributed by atoms with E-state index >= 15 is 0 Å². The number of benzene rings is 1. The molecule has 2 aromatic rings. The van der Waals surface area contributed by atoms with Gasteiger partial charge in [-0.25, -0.2) is 4.98 Å². The Morgan fingerprint density at radius 1 is 1.33 bits per heavy atom. The quantitative estimate of drug-likeness (QED) is 0.933. The molecule has 5 heteroatoms. The number of likely N-dealkylation sites (tertiary alicyclic amines) is 1. The Bertz CT molecular complexity index is 627. The first kappa shape index (κ1) is 14.1. The number of fused-ring (bicyclic) bond motifs is 1. The second-order valence-corrected chi connectivity index (χ2v) is 5.80. The van der Waals surface area contributed by atoms with Crippen molar-refractivity contribution in [2.24, 2.45) is 0 Å². The number of para-hydroxylation sites is 1. The van der Waals surface area contributed by atoms with Gasteiger partial charge in [0.2, 0.25) is 5.95 Å². The van der Waals surface area contributed by atoms with Crippen LogP contribution < -0.4 is 10.2 Å². The van der Waals surface area contributed by atoms with Gasteiger partial charge in [-0.15, -0.1) is 0 Å². The van der Waals surface area contributed by atoms with Gasteiger partial charge in [0, 0.05) is 32.1 Å². The standard InChI is InChI=1S/C16H23N5/c1-17-16-18-14-9-5-4-8-13(14)15(19-16)21(3)11-12-7-6-10-20(12)2/h4-5,8-9,12H,6-7,10-11H2,1-3H3,(H,17,18,19). The van der Waals surface area contributed by atoms with Gasteiger partial charge in [-0.2, -0.15) is 4.98 Å². The zero-order valence-corrected chi connectivity index (χ0v) is 13.0. The third kappa shape index (κ3) is 2.78. The Morgan fingerprint density at radius 3 is 2.86 bits per heavy atom. The fourth-order valence-electron chi connectivity index (χ4n) is 3.08. The van der Waals surface area contributed by atoms with Crippen LogP contribution in [0, 0.1) is 0 Å². The highest BCUT2D eigenvalue weighted by molar-refractivity contribution is 5.90. The molecule has 112 valence electrons. The number of nitrogens with zero attached hydrogens (tertiary/aromatic N) is 4. The molecule has 2 heterocycles. The number of hydrogen-bond acceptors (Lipinski definition) is 5. The number of likely N-dealkylation sites (N-methyl/N-ethyl adjacent to an activating group) is 2. The van der Waals surface area contributed by atoms with E-state index in [9.17, 15) is 0 Å². The third-order valence-electron chi connectivity index (χ3n) is 4.32. The smallest absolute Gasteiger partial charge is 0.224 e. The molecule has 21 heavy (non-hydrogen) atoms. The number of anilines is 2. The minimum Gasteiger partial charge on any atom is -0.357 e. The van der Waals surface area contributed by atoms with Crippen molar-refractivity contribution in [3.63, 3.8) is 0 Å². The number of rotatable bonds is 4. The topological polar surface area (TPSA) is 44.3 Å². The molecule has 1 fully saturated rings. The van der Waals surface area contributed by atoms with Gasteiger partial charge in [0.1, 0.15) is 5.82 Å². The monoisotopic (exact) mass is 285 g/mol. The Morgan fingerprint density at radius 2 is 2.14 bits per heavy atom. The van der Waals surface area contributed by atoms with Crippen molar-refractivity contribution >= 4 is 22.7 Å². The lowest BCUT2D eigenvalue weighted by molar-refractivity contribution is 0.314. The summed E-state index contributed by atoms with van der Waals surface area (Å²) in [6.07, 6.45) is 2.56. The molecule has 0 aliphatic carbocycles. The SMILES string of the molecule is CNc1nc(N(C)CC2CCCN2C)c2ccccc2n1. The summed E-state index contributed by atoms with van der Waals surface area (Å²) in [4.78, 5) is 13.9. The lowest BCUT2D eigenvalue weighted by atomic mass is 10.2. The highest BCUT2D eigenvalue weighted by atomic mass is 15.3. The number of hydrogen-bond donors (Lipinski definition) is 1. The van der Waals surface area contributed by atoms with Crippen LogP contribution in [-0.4, -0.2) is 55.1 Å². The van der Waals surface area contributed by atoms with Crippen molar-refractivity contribution in [2.45, 2.75) is 18.9 Å². The molecule has 1 aliphatic heterocycles. The molecule has 1 N–H and O–H groups in total. The molecule has 1 saturated heterocycles. The van der Waals surface area contributed by atoms with Crippen LogP contribution in [0.5, 0.6) is 0 Å². The summed E-state index contributed by atoms with van der Waals surface area (Å²) in [5.74, 6) is 1.68. The van der Waals surface area contributed by atoms with Gasteiger partial charge in [-0.05, 0) is 38.6 Å². The van der Waals surface area contributed by atoms with E-state index < -0.39 is 0 Å². The Balaban J connectivity index is 1.94. The van der Waals surface area contributed by atoms with E-state index in [1.165, 1.54) is 19.4 Å². The van der Waals surface area contributed by atoms with Gasteiger partial charge in [0.25, 0.3) is 0 Å². The predicted octanol–water partition coefficient (Wildman–Crippen LogP) is 2.20. The average Bonchev–Trinajstić information content (AvgIpc) is 2.91. The summed E-state index contributed by atoms with van der Waals surface area (Å²) in [5, 5.41) is 4.17. The van der Waals surface area contributed by atoms with E-state index in [4.69, 9.17) is 0 Å². The first-order valence-electron chi connectivity index (χ1n) is 7.55. The van der Waals surface area contributed by atoms with Crippen LogP contribution in [0.4, 0.5) is 11.8 Å². The summed E-state index contributed by atoms with van der Waals surface area (Å²) in [6.45, 7) is 2.20. The Kier molecular flexibility index (Phi) is 3.92. The summed E-state index contributed by atoms with van der Waals surface area (Å²) in [5.41, 5.74) is 0.985. The van der Waals surface area contributed by atoms with Gasteiger partial charge in [-0.3, -0.25) is 0 Å². The Labute approximate surface area is 126 Å². The van der Waals surface area contributed by atoms with Gasteiger partial charge in [0.05, 0.1) is 5.52 Å². The van der Waals surface area contributed by atoms with E-state index in [2.05, 4.69) is 45.2 Å². The van der Waals surface area contributed by atoms with E-state index in [0.29, 0.717) is 12.0 Å². The molecule has 1 aromatic heterocycles. The second-order valence-electron chi connectivity index (χ2n) is 5.80. The molecule has 0 saturated carbocycles. The van der Waals surface area contributed by atoms with Crippen LogP contribution in [-0.2, 0) is 0 Å². The van der Waals surface area contributed by atoms with E-state index in [1.54, 1.807) is 0 Å². The Hall–Kier alpha value is -1.88. The maximum absolute atomic E-state index is 4.67. The first-order chi connectivity index (χ1) is 10.2. The van der Waals surface area contributed by atoms with Gasteiger partial charge < -0.3 is 15.1 Å². The highest BCUT2D eigenvalue weighted by Crippen LogP contribution is 2.26. The normalized spacial score (nSPS) is 19.1. The molecule has 1 atom stereocenters. The van der Waals surface area contributed by atoms with Crippen LogP contribution in [0.25, 0.3) is 10.9 Å². The minimum absolute atomic E-state index is 0.613. The van der Waals surface area contributed by atoms with Crippen molar-refractivity contribution < 1.29 is 0 Å². The largest absolute Gasteiger partial charge is 0.357 e. The summed E-state index contributed by atoms with van der Waals surface area (Å²) in [6, 6.07) is 8.81. The molecular formula is C16H23N5. The van der Waals surface area contributed by atoms with E-state index in [1.807, 2.05) is 25.2 Å². The van der Waals surface area contributed by atoms with Crippen molar-refractivity contribution in [3.8, 4) is 0 Å². The minimum atomic E-state index is 0.613. The third-order valence-corrected chi connectivity index (χ3v) is 4.32. The summed E-state index contributed by atoms with van der Waals surface area (Å²) < 4.78 is 0. The molecule has 0 bridgehead atoms. The maximum atomic E-state index is 4.67. The number of nitrogens with one attached hydrogen (secondary N) is 1. The highest BCUT2D eigenvalue weighted by Gasteiger charge is 2.23. The van der Waals surface area contributed by atoms with Gasteiger partial charge in [-0.1, -0.05) is 12.1 Å². The maximum Gasteiger partial charge on any atom is 0.224 e. The van der Waals surface area contributed by atoms with Gasteiger partial charge in [0.15, 0.2) is 0 Å². The first-order valence-corrected chi connectivity index (χ1v) is 7.55. The van der Waals surface area contributed by atoms with Crippen molar-refractivity contribution in [1.29, 1.82) is 0 Å². The van der Waals surface area contributed by atoms with Crippen molar-refractivity contribution in [3.05, 3.63) is 24.3 Å². The molecule has 1 unspecified atom stereocenters. The molecule has 3 rings (SSSR count). The zero-order valence-electron chi connectivity index (χ0n) is 13.0. The lowest BCUT2D eigenvalue weighted by Gasteiger charge is -2.27. The van der Waals surface area contributed by atoms with Crippen molar-refractivity contribution in [1.82, 2.24) is 14.9 Å². The van der Waals surface area contributed by atoms with Crippen LogP contribution in [0.15, 0.2) is 24.3 Å². The molecule has 1 aromatic carbocycles. The fraction of sp³-hybridized carbons (Fsp3) is 0.500. The molecular weight excluding hydrogens is 262 g/mol. The molecule has 0 spiro atoms. The molecule has 1 aliphatic rings. The lowest BCUT2D eigenvalue weighted by Crippen LogP contribution is -2.37. The summed E-state index contributed by atoms with van der Waals surface area (Å²) >= 11 is 0. The van der Waals surface area contributed by atoms with Crippen LogP contribution >= 0.6 is 0 Å². The second kappa shape index (κ2) is 5.85.